The van der Waals surface area contributed by atoms with Crippen LogP contribution in [0.5, 0.6) is 0 Å². The summed E-state index contributed by atoms with van der Waals surface area (Å²) >= 11 is 0. The summed E-state index contributed by atoms with van der Waals surface area (Å²) in [6.07, 6.45) is 7.38. The molecule has 0 aromatic carbocycles. The van der Waals surface area contributed by atoms with Crippen molar-refractivity contribution in [2.45, 2.75) is 64.0 Å². The SMILES string of the molecule is C[C@@H](N)C(=O)N1CCC(NC(=O)C2CCCCC2)CC1.Cl. The number of likely N-dealkylation sites (tertiary alicyclic amines) is 1. The summed E-state index contributed by atoms with van der Waals surface area (Å²) in [5.74, 6) is 0.455. The van der Waals surface area contributed by atoms with Gasteiger partial charge in [0, 0.05) is 25.0 Å². The van der Waals surface area contributed by atoms with Gasteiger partial charge in [0.1, 0.15) is 0 Å². The van der Waals surface area contributed by atoms with Gasteiger partial charge in [-0.15, -0.1) is 12.4 Å². The molecule has 2 fully saturated rings. The minimum Gasteiger partial charge on any atom is -0.353 e. The Bertz CT molecular complexity index is 349. The van der Waals surface area contributed by atoms with E-state index in [2.05, 4.69) is 5.32 Å². The van der Waals surface area contributed by atoms with Crippen molar-refractivity contribution in [3.05, 3.63) is 0 Å². The zero-order chi connectivity index (χ0) is 14.5. The van der Waals surface area contributed by atoms with Crippen LogP contribution in [0, 0.1) is 5.92 Å². The lowest BCUT2D eigenvalue weighted by molar-refractivity contribution is -0.133. The number of hydrogen-bond acceptors (Lipinski definition) is 3. The third-order valence-corrected chi connectivity index (χ3v) is 4.52. The van der Waals surface area contributed by atoms with E-state index in [1.54, 1.807) is 6.92 Å². The molecule has 0 aromatic rings. The monoisotopic (exact) mass is 317 g/mol. The second-order valence-corrected chi connectivity index (χ2v) is 6.23. The molecule has 1 aliphatic heterocycles. The average molecular weight is 318 g/mol. The van der Waals surface area contributed by atoms with Gasteiger partial charge in [0.2, 0.25) is 11.8 Å². The van der Waals surface area contributed by atoms with Crippen molar-refractivity contribution in [2.24, 2.45) is 11.7 Å². The Hall–Kier alpha value is -0.810. The molecule has 2 rings (SSSR count). The second-order valence-electron chi connectivity index (χ2n) is 6.23. The van der Waals surface area contributed by atoms with Crippen LogP contribution in [0.3, 0.4) is 0 Å². The summed E-state index contributed by atoms with van der Waals surface area (Å²) in [4.78, 5) is 25.8. The summed E-state index contributed by atoms with van der Waals surface area (Å²) in [5, 5.41) is 3.17. The molecule has 2 aliphatic rings. The smallest absolute Gasteiger partial charge is 0.239 e. The number of halogens is 1. The van der Waals surface area contributed by atoms with Crippen LogP contribution in [0.1, 0.15) is 51.9 Å². The normalized spacial score (nSPS) is 22.3. The van der Waals surface area contributed by atoms with Crippen molar-refractivity contribution in [3.8, 4) is 0 Å². The third kappa shape index (κ3) is 5.15. The first-order valence-corrected chi connectivity index (χ1v) is 7.92. The van der Waals surface area contributed by atoms with Crippen molar-refractivity contribution >= 4 is 24.2 Å². The van der Waals surface area contributed by atoms with Crippen molar-refractivity contribution in [1.82, 2.24) is 10.2 Å². The summed E-state index contributed by atoms with van der Waals surface area (Å²) < 4.78 is 0. The van der Waals surface area contributed by atoms with Gasteiger partial charge in [-0.05, 0) is 32.6 Å². The van der Waals surface area contributed by atoms with Gasteiger partial charge in [0.05, 0.1) is 6.04 Å². The summed E-state index contributed by atoms with van der Waals surface area (Å²) in [6.45, 7) is 3.13. The Morgan fingerprint density at radius 3 is 2.19 bits per heavy atom. The van der Waals surface area contributed by atoms with Crippen molar-refractivity contribution in [3.63, 3.8) is 0 Å². The highest BCUT2D eigenvalue weighted by molar-refractivity contribution is 5.85. The number of hydrogen-bond donors (Lipinski definition) is 2. The molecule has 0 bridgehead atoms. The minimum absolute atomic E-state index is 0. The van der Waals surface area contributed by atoms with E-state index in [-0.39, 0.29) is 36.2 Å². The molecule has 6 heteroatoms. The number of carbonyl (C=O) groups excluding carboxylic acids is 2. The number of nitrogens with one attached hydrogen (secondary N) is 1. The zero-order valence-electron chi connectivity index (χ0n) is 12.8. The number of nitrogens with two attached hydrogens (primary N) is 1. The molecule has 122 valence electrons. The van der Waals surface area contributed by atoms with E-state index in [9.17, 15) is 9.59 Å². The van der Waals surface area contributed by atoms with Crippen LogP contribution in [0.2, 0.25) is 0 Å². The van der Waals surface area contributed by atoms with Crippen molar-refractivity contribution in [2.75, 3.05) is 13.1 Å². The van der Waals surface area contributed by atoms with E-state index >= 15 is 0 Å². The lowest BCUT2D eigenvalue weighted by Gasteiger charge is -2.34. The molecule has 1 heterocycles. The minimum atomic E-state index is -0.427. The highest BCUT2D eigenvalue weighted by Crippen LogP contribution is 2.24. The lowest BCUT2D eigenvalue weighted by atomic mass is 9.88. The van der Waals surface area contributed by atoms with Gasteiger partial charge in [-0.3, -0.25) is 9.59 Å². The molecule has 0 spiro atoms. The van der Waals surface area contributed by atoms with E-state index in [1.165, 1.54) is 19.3 Å². The highest BCUT2D eigenvalue weighted by atomic mass is 35.5. The van der Waals surface area contributed by atoms with Gasteiger partial charge in [0.25, 0.3) is 0 Å². The van der Waals surface area contributed by atoms with Crippen molar-refractivity contribution < 1.29 is 9.59 Å². The first-order chi connectivity index (χ1) is 9.58. The van der Waals surface area contributed by atoms with Gasteiger partial charge in [0.15, 0.2) is 0 Å². The molecular formula is C15H28ClN3O2. The van der Waals surface area contributed by atoms with Crippen LogP contribution in [-0.2, 0) is 9.59 Å². The maximum absolute atomic E-state index is 12.2. The van der Waals surface area contributed by atoms with Gasteiger partial charge >= 0.3 is 0 Å². The molecule has 0 unspecified atom stereocenters. The Labute approximate surface area is 133 Å². The largest absolute Gasteiger partial charge is 0.353 e. The topological polar surface area (TPSA) is 75.4 Å². The van der Waals surface area contributed by atoms with E-state index in [1.807, 2.05) is 4.90 Å². The summed E-state index contributed by atoms with van der Waals surface area (Å²) in [5.41, 5.74) is 5.62. The second kappa shape index (κ2) is 8.59. The summed E-state index contributed by atoms with van der Waals surface area (Å²) in [6, 6.07) is -0.204. The molecule has 2 amide bonds. The van der Waals surface area contributed by atoms with Crippen LogP contribution in [0.15, 0.2) is 0 Å². The van der Waals surface area contributed by atoms with Crippen LogP contribution in [-0.4, -0.2) is 41.9 Å². The predicted octanol–water partition coefficient (Wildman–Crippen LogP) is 1.44. The molecule has 0 radical (unpaired) electrons. The molecule has 1 atom stereocenters. The Morgan fingerprint density at radius 2 is 1.67 bits per heavy atom. The number of rotatable bonds is 3. The Balaban J connectivity index is 0.00000220. The van der Waals surface area contributed by atoms with Crippen molar-refractivity contribution in [1.29, 1.82) is 0 Å². The quantitative estimate of drug-likeness (QED) is 0.827. The lowest BCUT2D eigenvalue weighted by Crippen LogP contribution is -2.51. The predicted molar refractivity (Wildman–Crippen MR) is 85.2 cm³/mol. The number of nitrogens with zero attached hydrogens (tertiary/aromatic N) is 1. The molecule has 1 saturated carbocycles. The van der Waals surface area contributed by atoms with Crippen LogP contribution < -0.4 is 11.1 Å². The van der Waals surface area contributed by atoms with Crippen LogP contribution in [0.25, 0.3) is 0 Å². The maximum Gasteiger partial charge on any atom is 0.239 e. The summed E-state index contributed by atoms with van der Waals surface area (Å²) in [7, 11) is 0. The Kier molecular flexibility index (Phi) is 7.46. The van der Waals surface area contributed by atoms with Gasteiger partial charge in [-0.1, -0.05) is 19.3 Å². The third-order valence-electron chi connectivity index (χ3n) is 4.52. The van der Waals surface area contributed by atoms with E-state index in [0.717, 1.165) is 25.7 Å². The number of carbonyl (C=O) groups is 2. The standard InChI is InChI=1S/C15H27N3O2.ClH/c1-11(16)15(20)18-9-7-13(8-10-18)17-14(19)12-5-3-2-4-6-12;/h11-13H,2-10,16H2,1H3,(H,17,19);1H/t11-;/m1./s1. The van der Waals surface area contributed by atoms with E-state index in [4.69, 9.17) is 5.73 Å². The van der Waals surface area contributed by atoms with Crippen LogP contribution in [0.4, 0.5) is 0 Å². The van der Waals surface area contributed by atoms with E-state index in [0.29, 0.717) is 13.1 Å². The fourth-order valence-corrected chi connectivity index (χ4v) is 3.22. The number of amides is 2. The van der Waals surface area contributed by atoms with Gasteiger partial charge in [-0.2, -0.15) is 0 Å². The molecule has 0 aromatic heterocycles. The molecule has 5 nitrogen and oxygen atoms in total. The van der Waals surface area contributed by atoms with Crippen LogP contribution >= 0.6 is 12.4 Å². The fraction of sp³-hybridized carbons (Fsp3) is 0.867. The first kappa shape index (κ1) is 18.2. The molecule has 21 heavy (non-hydrogen) atoms. The Morgan fingerprint density at radius 1 is 1.10 bits per heavy atom. The molecule has 3 N–H and O–H groups in total. The molecular weight excluding hydrogens is 290 g/mol. The van der Waals surface area contributed by atoms with Gasteiger partial charge < -0.3 is 16.0 Å². The number of piperidine rings is 1. The fourth-order valence-electron chi connectivity index (χ4n) is 3.22. The zero-order valence-corrected chi connectivity index (χ0v) is 13.7. The first-order valence-electron chi connectivity index (χ1n) is 7.92. The highest BCUT2D eigenvalue weighted by Gasteiger charge is 2.27. The average Bonchev–Trinajstić information content (AvgIpc) is 2.48. The molecule has 1 aliphatic carbocycles. The molecule has 1 saturated heterocycles. The maximum atomic E-state index is 12.2. The van der Waals surface area contributed by atoms with E-state index < -0.39 is 6.04 Å². The van der Waals surface area contributed by atoms with Gasteiger partial charge in [-0.25, -0.2) is 0 Å².